The number of nitrogens with zero attached hydrogens (tertiary/aromatic N) is 1. The van der Waals surface area contributed by atoms with Crippen molar-refractivity contribution >= 4 is 40.3 Å². The molecule has 3 N–H and O–H groups in total. The number of carbonyl (C=O) groups excluding carboxylic acids is 1. The van der Waals surface area contributed by atoms with Crippen LogP contribution in [0.5, 0.6) is 0 Å². The lowest BCUT2D eigenvalue weighted by atomic mass is 9.99. The van der Waals surface area contributed by atoms with Crippen LogP contribution in [0.2, 0.25) is 0 Å². The average Bonchev–Trinajstić information content (AvgIpc) is 2.45. The van der Waals surface area contributed by atoms with Crippen LogP contribution in [0.3, 0.4) is 0 Å². The summed E-state index contributed by atoms with van der Waals surface area (Å²) >= 11 is 5.28. The van der Waals surface area contributed by atoms with Crippen molar-refractivity contribution in [2.45, 2.75) is 51.9 Å². The van der Waals surface area contributed by atoms with Gasteiger partial charge >= 0.3 is 0 Å². The third-order valence-corrected chi connectivity index (χ3v) is 3.88. The molecule has 1 amide bonds. The van der Waals surface area contributed by atoms with Crippen LogP contribution in [-0.2, 0) is 4.79 Å². The van der Waals surface area contributed by atoms with E-state index in [0.717, 1.165) is 24.2 Å². The van der Waals surface area contributed by atoms with Gasteiger partial charge in [-0.15, -0.1) is 0 Å². The van der Waals surface area contributed by atoms with Crippen molar-refractivity contribution in [1.82, 2.24) is 5.43 Å². The maximum absolute atomic E-state index is 11.1. The van der Waals surface area contributed by atoms with E-state index in [4.69, 9.17) is 12.2 Å². The molecule has 0 radical (unpaired) electrons. The van der Waals surface area contributed by atoms with Crippen LogP contribution in [0.4, 0.5) is 11.4 Å². The summed E-state index contributed by atoms with van der Waals surface area (Å²) in [7, 11) is 0. The number of nitrogens with one attached hydrogen (secondary N) is 3. The summed E-state index contributed by atoms with van der Waals surface area (Å²) in [5.74, 6) is -0.0986. The van der Waals surface area contributed by atoms with E-state index in [9.17, 15) is 4.79 Å². The van der Waals surface area contributed by atoms with Gasteiger partial charge in [0.1, 0.15) is 0 Å². The highest BCUT2D eigenvalue weighted by molar-refractivity contribution is 7.80. The summed E-state index contributed by atoms with van der Waals surface area (Å²) in [6, 6.07) is 7.41. The Bertz CT molecular complexity index is 576. The Morgan fingerprint density at radius 2 is 1.65 bits per heavy atom. The molecule has 1 saturated carbocycles. The lowest BCUT2D eigenvalue weighted by molar-refractivity contribution is -0.114. The van der Waals surface area contributed by atoms with Gasteiger partial charge in [-0.3, -0.25) is 10.2 Å². The second kappa shape index (κ2) is 9.25. The summed E-state index contributed by atoms with van der Waals surface area (Å²) in [5.41, 5.74) is 5.67. The lowest BCUT2D eigenvalue weighted by Crippen LogP contribution is -2.25. The van der Waals surface area contributed by atoms with Gasteiger partial charge in [-0.2, -0.15) is 5.10 Å². The Morgan fingerprint density at radius 3 is 2.30 bits per heavy atom. The quantitative estimate of drug-likeness (QED) is 0.577. The first-order valence-electron chi connectivity index (χ1n) is 8.13. The first-order valence-corrected chi connectivity index (χ1v) is 8.54. The summed E-state index contributed by atoms with van der Waals surface area (Å²) in [6.45, 7) is 1.48. The van der Waals surface area contributed by atoms with Crippen molar-refractivity contribution in [3.63, 3.8) is 0 Å². The summed E-state index contributed by atoms with van der Waals surface area (Å²) in [6.07, 6.45) is 8.43. The van der Waals surface area contributed by atoms with Crippen molar-refractivity contribution in [2.75, 3.05) is 10.6 Å². The van der Waals surface area contributed by atoms with E-state index in [-0.39, 0.29) is 5.91 Å². The molecule has 0 bridgehead atoms. The fraction of sp³-hybridized carbons (Fsp3) is 0.471. The number of hydrogen-bond acceptors (Lipinski definition) is 3. The van der Waals surface area contributed by atoms with Crippen LogP contribution >= 0.6 is 12.2 Å². The standard InChI is InChI=1S/C17H24N4OS/c1-13(22)18-15-10-7-11-16(12-15)19-17(23)21-20-14-8-5-3-2-4-6-9-14/h7,10-12H,2-6,8-9H2,1H3,(H,18,22)(H2,19,21,23). The Labute approximate surface area is 142 Å². The molecule has 1 aromatic carbocycles. The molecule has 124 valence electrons. The van der Waals surface area contributed by atoms with Gasteiger partial charge in [-0.05, 0) is 56.1 Å². The highest BCUT2D eigenvalue weighted by Gasteiger charge is 2.05. The van der Waals surface area contributed by atoms with Gasteiger partial charge < -0.3 is 10.6 Å². The summed E-state index contributed by atoms with van der Waals surface area (Å²) in [5, 5.41) is 10.7. The predicted octanol–water partition coefficient (Wildman–Crippen LogP) is 4.03. The molecule has 2 rings (SSSR count). The number of rotatable bonds is 3. The smallest absolute Gasteiger partial charge is 0.221 e. The van der Waals surface area contributed by atoms with Gasteiger partial charge in [0.15, 0.2) is 5.11 Å². The first kappa shape index (κ1) is 17.4. The predicted molar refractivity (Wildman–Crippen MR) is 99.9 cm³/mol. The monoisotopic (exact) mass is 332 g/mol. The molecule has 6 heteroatoms. The minimum absolute atomic E-state index is 0.0986. The zero-order valence-corrected chi connectivity index (χ0v) is 14.3. The highest BCUT2D eigenvalue weighted by Crippen LogP contribution is 2.16. The number of hydrazone groups is 1. The van der Waals surface area contributed by atoms with Crippen molar-refractivity contribution in [3.05, 3.63) is 24.3 Å². The van der Waals surface area contributed by atoms with Gasteiger partial charge in [-0.25, -0.2) is 0 Å². The second-order valence-corrected chi connectivity index (χ2v) is 6.18. The van der Waals surface area contributed by atoms with Gasteiger partial charge in [-0.1, -0.05) is 25.3 Å². The number of hydrogen-bond donors (Lipinski definition) is 3. The molecule has 23 heavy (non-hydrogen) atoms. The number of benzene rings is 1. The molecule has 0 saturated heterocycles. The lowest BCUT2D eigenvalue weighted by Gasteiger charge is -2.13. The molecule has 1 fully saturated rings. The number of thiocarbonyl (C=S) groups is 1. The largest absolute Gasteiger partial charge is 0.331 e. The maximum atomic E-state index is 11.1. The zero-order chi connectivity index (χ0) is 16.5. The van der Waals surface area contributed by atoms with E-state index in [1.54, 1.807) is 0 Å². The zero-order valence-electron chi connectivity index (χ0n) is 13.5. The van der Waals surface area contributed by atoms with Crippen molar-refractivity contribution < 1.29 is 4.79 Å². The molecule has 0 atom stereocenters. The first-order chi connectivity index (χ1) is 11.1. The molecule has 5 nitrogen and oxygen atoms in total. The Kier molecular flexibility index (Phi) is 7.00. The third kappa shape index (κ3) is 6.78. The molecule has 1 aromatic rings. The maximum Gasteiger partial charge on any atom is 0.221 e. The Hall–Kier alpha value is -1.95. The van der Waals surface area contributed by atoms with E-state index >= 15 is 0 Å². The molecule has 0 heterocycles. The third-order valence-electron chi connectivity index (χ3n) is 3.69. The molecular weight excluding hydrogens is 308 g/mol. The van der Waals surface area contributed by atoms with E-state index in [1.807, 2.05) is 24.3 Å². The average molecular weight is 332 g/mol. The van der Waals surface area contributed by atoms with Crippen molar-refractivity contribution in [2.24, 2.45) is 5.10 Å². The van der Waals surface area contributed by atoms with Crippen molar-refractivity contribution in [3.8, 4) is 0 Å². The van der Waals surface area contributed by atoms with Gasteiger partial charge in [0.25, 0.3) is 0 Å². The van der Waals surface area contributed by atoms with Crippen LogP contribution in [0.25, 0.3) is 0 Å². The normalized spacial score (nSPS) is 15.1. The molecule has 0 aliphatic heterocycles. The molecule has 1 aliphatic carbocycles. The van der Waals surface area contributed by atoms with E-state index in [1.165, 1.54) is 44.7 Å². The minimum Gasteiger partial charge on any atom is -0.331 e. The Balaban J connectivity index is 1.87. The van der Waals surface area contributed by atoms with Gasteiger partial charge in [0, 0.05) is 24.0 Å². The summed E-state index contributed by atoms with van der Waals surface area (Å²) < 4.78 is 0. The van der Waals surface area contributed by atoms with Crippen LogP contribution < -0.4 is 16.1 Å². The molecule has 0 unspecified atom stereocenters. The van der Waals surface area contributed by atoms with Crippen LogP contribution in [0.1, 0.15) is 51.9 Å². The van der Waals surface area contributed by atoms with Crippen LogP contribution in [-0.4, -0.2) is 16.7 Å². The van der Waals surface area contributed by atoms with Gasteiger partial charge in [0.05, 0.1) is 0 Å². The topological polar surface area (TPSA) is 65.5 Å². The molecule has 0 aromatic heterocycles. The fourth-order valence-corrected chi connectivity index (χ4v) is 2.76. The minimum atomic E-state index is -0.0986. The highest BCUT2D eigenvalue weighted by atomic mass is 32.1. The Morgan fingerprint density at radius 1 is 1.04 bits per heavy atom. The number of anilines is 2. The SMILES string of the molecule is CC(=O)Nc1cccc(NC(=S)NN=C2CCCCCCC2)c1. The second-order valence-electron chi connectivity index (χ2n) is 5.77. The van der Waals surface area contributed by atoms with Crippen LogP contribution in [0, 0.1) is 0 Å². The van der Waals surface area contributed by atoms with E-state index in [2.05, 4.69) is 21.2 Å². The molecular formula is C17H24N4OS. The molecule has 0 spiro atoms. The number of carbonyl (C=O) groups is 1. The van der Waals surface area contributed by atoms with E-state index < -0.39 is 0 Å². The summed E-state index contributed by atoms with van der Waals surface area (Å²) in [4.78, 5) is 11.1. The fourth-order valence-electron chi connectivity index (χ4n) is 2.59. The number of amides is 1. The van der Waals surface area contributed by atoms with Crippen LogP contribution in [0.15, 0.2) is 29.4 Å². The molecule has 1 aliphatic rings. The van der Waals surface area contributed by atoms with E-state index in [0.29, 0.717) is 5.11 Å². The van der Waals surface area contributed by atoms with Gasteiger partial charge in [0.2, 0.25) is 5.91 Å². The van der Waals surface area contributed by atoms with Crippen molar-refractivity contribution in [1.29, 1.82) is 0 Å².